The van der Waals surface area contributed by atoms with E-state index in [4.69, 9.17) is 16.0 Å². The molecule has 11 heteroatoms. The molecule has 0 unspecified atom stereocenters. The van der Waals surface area contributed by atoms with Crippen molar-refractivity contribution in [2.45, 2.75) is 46.0 Å². The number of fused-ring (bicyclic) bond motifs is 3. The zero-order valence-corrected chi connectivity index (χ0v) is 31.4. The number of halogens is 1. The first-order chi connectivity index (χ1) is 26.9. The number of aryl methyl sites for hydroxylation is 1. The maximum atomic E-state index is 13.6. The molecule has 2 heterocycles. The summed E-state index contributed by atoms with van der Waals surface area (Å²) in [4.78, 5) is 64.7. The summed E-state index contributed by atoms with van der Waals surface area (Å²) in [6, 6.07) is 25.8. The Bertz CT molecular complexity index is 2730. The number of carbonyl (C=O) groups excluding carboxylic acids is 3. The molecule has 0 saturated carbocycles. The molecule has 10 nitrogen and oxygen atoms in total. The molecule has 1 aliphatic carbocycles. The first kappa shape index (κ1) is 37.8. The van der Waals surface area contributed by atoms with Gasteiger partial charge in [-0.1, -0.05) is 41.8 Å². The average molecular weight is 769 g/mol. The van der Waals surface area contributed by atoms with Crippen LogP contribution in [0.2, 0.25) is 5.02 Å². The molecule has 0 bridgehead atoms. The van der Waals surface area contributed by atoms with Crippen LogP contribution in [0.5, 0.6) is 5.75 Å². The lowest BCUT2D eigenvalue weighted by Crippen LogP contribution is -2.26. The van der Waals surface area contributed by atoms with Gasteiger partial charge in [-0.25, -0.2) is 4.79 Å². The molecular formula is C45H37ClN2O8. The van der Waals surface area contributed by atoms with Gasteiger partial charge in [0.05, 0.1) is 17.5 Å². The van der Waals surface area contributed by atoms with Crippen LogP contribution in [-0.2, 0) is 11.2 Å². The summed E-state index contributed by atoms with van der Waals surface area (Å²) in [6.07, 6.45) is 2.11. The van der Waals surface area contributed by atoms with Gasteiger partial charge in [0.15, 0.2) is 11.2 Å². The molecule has 1 aliphatic heterocycles. The average Bonchev–Trinajstić information content (AvgIpc) is 3.43. The van der Waals surface area contributed by atoms with Crippen molar-refractivity contribution in [3.05, 3.63) is 146 Å². The van der Waals surface area contributed by atoms with Crippen molar-refractivity contribution in [2.24, 2.45) is 0 Å². The minimum atomic E-state index is -1.23. The molecule has 282 valence electrons. The number of phenolic OH excluding ortho intramolecular Hbond substituents is 1. The highest BCUT2D eigenvalue weighted by atomic mass is 35.5. The maximum Gasteiger partial charge on any atom is 0.336 e. The number of hydrogen-bond acceptors (Lipinski definition) is 7. The topological polar surface area (TPSA) is 156 Å². The highest BCUT2D eigenvalue weighted by Crippen LogP contribution is 2.42. The third kappa shape index (κ3) is 7.56. The molecule has 0 saturated heterocycles. The molecule has 5 aromatic rings. The summed E-state index contributed by atoms with van der Waals surface area (Å²) in [5.41, 5.74) is 5.19. The minimum absolute atomic E-state index is 0.0542. The molecule has 0 atom stereocenters. The van der Waals surface area contributed by atoms with Crippen LogP contribution in [0.3, 0.4) is 0 Å². The zero-order valence-electron chi connectivity index (χ0n) is 30.6. The molecule has 0 spiro atoms. The lowest BCUT2D eigenvalue weighted by Gasteiger charge is -2.17. The third-order valence-corrected chi connectivity index (χ3v) is 10.3. The van der Waals surface area contributed by atoms with E-state index < -0.39 is 5.97 Å². The monoisotopic (exact) mass is 768 g/mol. The lowest BCUT2D eigenvalue weighted by atomic mass is 9.89. The molecule has 2 aliphatic rings. The number of ketones is 1. The second-order valence-electron chi connectivity index (χ2n) is 13.9. The van der Waals surface area contributed by atoms with E-state index in [2.05, 4.69) is 5.32 Å². The van der Waals surface area contributed by atoms with Crippen molar-refractivity contribution >= 4 is 57.0 Å². The number of carboxylic acid groups (broad SMARTS) is 1. The van der Waals surface area contributed by atoms with Crippen molar-refractivity contribution in [3.8, 4) is 28.2 Å². The maximum absolute atomic E-state index is 13.6. The Kier molecular flexibility index (Phi) is 10.6. The highest BCUT2D eigenvalue weighted by molar-refractivity contribution is 6.30. The van der Waals surface area contributed by atoms with E-state index in [0.29, 0.717) is 64.2 Å². The summed E-state index contributed by atoms with van der Waals surface area (Å²) in [7, 11) is 0. The van der Waals surface area contributed by atoms with Crippen LogP contribution >= 0.6 is 11.6 Å². The van der Waals surface area contributed by atoms with Crippen LogP contribution in [0.15, 0.2) is 106 Å². The number of carboxylic acids is 1. The van der Waals surface area contributed by atoms with Gasteiger partial charge in [-0.15, -0.1) is 0 Å². The fourth-order valence-electron chi connectivity index (χ4n) is 7.25. The number of aromatic nitrogens is 1. The van der Waals surface area contributed by atoms with E-state index >= 15 is 0 Å². The minimum Gasteiger partial charge on any atom is -0.508 e. The Morgan fingerprint density at radius 2 is 1.54 bits per heavy atom. The number of carbonyl (C=O) groups is 4. The summed E-state index contributed by atoms with van der Waals surface area (Å²) in [5.74, 6) is -1.64. The molecule has 0 fully saturated rings. The predicted molar refractivity (Wildman–Crippen MR) is 215 cm³/mol. The molecule has 4 aromatic carbocycles. The Labute approximate surface area is 326 Å². The van der Waals surface area contributed by atoms with Crippen molar-refractivity contribution in [3.63, 3.8) is 0 Å². The van der Waals surface area contributed by atoms with E-state index in [0.717, 1.165) is 22.0 Å². The summed E-state index contributed by atoms with van der Waals surface area (Å²) < 4.78 is 7.54. The van der Waals surface area contributed by atoms with Crippen LogP contribution in [0.1, 0.15) is 73.6 Å². The van der Waals surface area contributed by atoms with E-state index in [1.165, 1.54) is 30.3 Å². The standard InChI is InChI=1S/C45H37ClN2O8/c1-25-7-18-38-36(20-25)35(26(2)48(38)44(53)27-8-11-29(46)12-9-27)24-42(52)47-19-5-3-4-6-39(51)28-10-15-32(37(21-28)45(54)55)43-33-16-13-30(49)22-40(33)56-41-23-31(50)14-17-34(41)43/h7-18,20-23,49H,3-6,19,24H2,1-2H3,(H,47,52)(H,54,55). The Morgan fingerprint density at radius 1 is 0.786 bits per heavy atom. The van der Waals surface area contributed by atoms with Gasteiger partial charge in [-0.2, -0.15) is 0 Å². The number of rotatable bonds is 12. The summed E-state index contributed by atoms with van der Waals surface area (Å²) in [5, 5.41) is 25.2. The zero-order chi connectivity index (χ0) is 39.7. The molecule has 0 radical (unpaired) electrons. The number of Topliss-reactive ketones (excluding diaryl/α,β-unsaturated/α-hetero) is 1. The highest BCUT2D eigenvalue weighted by Gasteiger charge is 2.24. The Balaban J connectivity index is 0.988. The molecule has 1 aromatic heterocycles. The molecule has 7 rings (SSSR count). The van der Waals surface area contributed by atoms with Gasteiger partial charge in [0.25, 0.3) is 5.91 Å². The number of phenols is 1. The number of nitrogens with one attached hydrogen (secondary N) is 1. The molecular weight excluding hydrogens is 732 g/mol. The number of nitrogens with zero attached hydrogens (tertiary/aromatic N) is 1. The molecule has 56 heavy (non-hydrogen) atoms. The first-order valence-electron chi connectivity index (χ1n) is 18.2. The van der Waals surface area contributed by atoms with Crippen molar-refractivity contribution in [1.82, 2.24) is 9.88 Å². The van der Waals surface area contributed by atoms with Gasteiger partial charge in [0.1, 0.15) is 17.1 Å². The van der Waals surface area contributed by atoms with Crippen molar-refractivity contribution in [2.75, 3.05) is 6.54 Å². The lowest BCUT2D eigenvalue weighted by molar-refractivity contribution is -0.120. The number of unbranched alkanes of at least 4 members (excludes halogenated alkanes) is 2. The second-order valence-corrected chi connectivity index (χ2v) is 14.3. The number of aromatic hydroxyl groups is 1. The smallest absolute Gasteiger partial charge is 0.336 e. The first-order valence-corrected chi connectivity index (χ1v) is 18.6. The van der Waals surface area contributed by atoms with Gasteiger partial charge in [0, 0.05) is 68.8 Å². The van der Waals surface area contributed by atoms with Crippen molar-refractivity contribution in [1.29, 1.82) is 0 Å². The normalized spacial score (nSPS) is 11.3. The van der Waals surface area contributed by atoms with Crippen LogP contribution in [0.25, 0.3) is 44.3 Å². The van der Waals surface area contributed by atoms with Gasteiger partial charge >= 0.3 is 5.97 Å². The Morgan fingerprint density at radius 3 is 2.30 bits per heavy atom. The Hall–Kier alpha value is -6.52. The number of benzene rings is 5. The van der Waals surface area contributed by atoms with Crippen LogP contribution < -0.4 is 10.7 Å². The van der Waals surface area contributed by atoms with E-state index in [-0.39, 0.29) is 64.1 Å². The van der Waals surface area contributed by atoms with Gasteiger partial charge in [-0.05, 0) is 105 Å². The number of aromatic carboxylic acids is 1. The number of amides is 1. The summed E-state index contributed by atoms with van der Waals surface area (Å²) >= 11 is 6.04. The third-order valence-electron chi connectivity index (χ3n) is 10.0. The van der Waals surface area contributed by atoms with Crippen LogP contribution in [0, 0.1) is 13.8 Å². The fourth-order valence-corrected chi connectivity index (χ4v) is 7.37. The van der Waals surface area contributed by atoms with E-state index in [1.54, 1.807) is 53.1 Å². The summed E-state index contributed by atoms with van der Waals surface area (Å²) in [6.45, 7) is 4.21. The largest absolute Gasteiger partial charge is 0.508 e. The SMILES string of the molecule is Cc1ccc2c(c1)c(CC(=O)NCCCCCC(=O)c1ccc(-c3c4ccc(=O)cc-4oc4cc(O)ccc34)c(C(=O)O)c1)c(C)n2C(=O)c1ccc(Cl)cc1. The molecule has 1 amide bonds. The fraction of sp³-hybridized carbons (Fsp3) is 0.178. The van der Waals surface area contributed by atoms with Gasteiger partial charge < -0.3 is 19.9 Å². The van der Waals surface area contributed by atoms with Gasteiger partial charge in [0.2, 0.25) is 5.91 Å². The van der Waals surface area contributed by atoms with Crippen molar-refractivity contribution < 1.29 is 33.8 Å². The van der Waals surface area contributed by atoms with E-state index in [1.807, 2.05) is 32.0 Å². The molecule has 3 N–H and O–H groups in total. The van der Waals surface area contributed by atoms with Gasteiger partial charge in [-0.3, -0.25) is 23.7 Å². The predicted octanol–water partition coefficient (Wildman–Crippen LogP) is 8.98. The van der Waals surface area contributed by atoms with Crippen LogP contribution in [-0.4, -0.2) is 44.9 Å². The number of hydrogen-bond donors (Lipinski definition) is 3. The van der Waals surface area contributed by atoms with E-state index in [9.17, 15) is 34.2 Å². The quantitative estimate of drug-likeness (QED) is 0.0632. The second kappa shape index (κ2) is 15.7. The van der Waals surface area contributed by atoms with Crippen LogP contribution in [0.4, 0.5) is 0 Å².